The second-order valence-corrected chi connectivity index (χ2v) is 8.13. The summed E-state index contributed by atoms with van der Waals surface area (Å²) in [7, 11) is 0. The van der Waals surface area contributed by atoms with E-state index in [0.29, 0.717) is 29.8 Å². The highest BCUT2D eigenvalue weighted by molar-refractivity contribution is 8.13. The van der Waals surface area contributed by atoms with Crippen LogP contribution in [-0.2, 0) is 11.3 Å². The molecule has 0 saturated carbocycles. The molecule has 0 spiro atoms. The number of carbonyl (C=O) groups excluding carboxylic acids is 1. The quantitative estimate of drug-likeness (QED) is 0.393. The fraction of sp³-hybridized carbons (Fsp3) is 0.211. The molecule has 0 amide bonds. The third-order valence-corrected chi connectivity index (χ3v) is 5.53. The number of aromatic nitrogens is 2. The summed E-state index contributed by atoms with van der Waals surface area (Å²) in [6.07, 6.45) is 1.45. The predicted molar refractivity (Wildman–Crippen MR) is 110 cm³/mol. The number of rotatable bonds is 7. The van der Waals surface area contributed by atoms with E-state index in [4.69, 9.17) is 11.6 Å². The van der Waals surface area contributed by atoms with E-state index in [1.54, 1.807) is 17.4 Å². The molecule has 26 heavy (non-hydrogen) atoms. The number of thiophene rings is 1. The number of anilines is 1. The Kier molecular flexibility index (Phi) is 6.66. The Morgan fingerprint density at radius 1 is 1.23 bits per heavy atom. The SMILES string of the molecule is CCCC(=O)Sc1ccc(-c2nc(Cl)cc(NCc3cccs3)n2)cc1. The van der Waals surface area contributed by atoms with Gasteiger partial charge in [-0.25, -0.2) is 9.97 Å². The van der Waals surface area contributed by atoms with Gasteiger partial charge in [-0.1, -0.05) is 48.5 Å². The molecule has 1 N–H and O–H groups in total. The van der Waals surface area contributed by atoms with Crippen molar-refractivity contribution < 1.29 is 4.79 Å². The molecule has 3 aromatic rings. The fourth-order valence-corrected chi connectivity index (χ4v) is 3.96. The van der Waals surface area contributed by atoms with Crippen molar-refractivity contribution >= 4 is 45.6 Å². The molecule has 0 fully saturated rings. The second kappa shape index (κ2) is 9.16. The minimum atomic E-state index is 0.180. The number of nitrogens with one attached hydrogen (secondary N) is 1. The zero-order valence-electron chi connectivity index (χ0n) is 14.2. The summed E-state index contributed by atoms with van der Waals surface area (Å²) in [5, 5.41) is 5.89. The topological polar surface area (TPSA) is 54.9 Å². The molecule has 2 heterocycles. The Morgan fingerprint density at radius 3 is 2.73 bits per heavy atom. The molecule has 0 bridgehead atoms. The Labute approximate surface area is 166 Å². The van der Waals surface area contributed by atoms with Crippen molar-refractivity contribution in [2.24, 2.45) is 0 Å². The van der Waals surface area contributed by atoms with Crippen LogP contribution in [0.25, 0.3) is 11.4 Å². The van der Waals surface area contributed by atoms with Gasteiger partial charge in [-0.2, -0.15) is 0 Å². The molecule has 1 aromatic carbocycles. The lowest BCUT2D eigenvalue weighted by Crippen LogP contribution is -2.02. The van der Waals surface area contributed by atoms with E-state index in [0.717, 1.165) is 16.9 Å². The van der Waals surface area contributed by atoms with E-state index in [2.05, 4.69) is 21.4 Å². The maximum atomic E-state index is 11.7. The molecule has 0 radical (unpaired) electrons. The first-order valence-electron chi connectivity index (χ1n) is 8.26. The molecule has 2 aromatic heterocycles. The van der Waals surface area contributed by atoms with Crippen LogP contribution >= 0.6 is 34.7 Å². The molecule has 0 unspecified atom stereocenters. The molecule has 3 rings (SSSR count). The number of carbonyl (C=O) groups is 1. The van der Waals surface area contributed by atoms with Gasteiger partial charge in [-0.05, 0) is 30.0 Å². The van der Waals surface area contributed by atoms with E-state index < -0.39 is 0 Å². The third kappa shape index (κ3) is 5.30. The number of nitrogens with zero attached hydrogens (tertiary/aromatic N) is 2. The van der Waals surface area contributed by atoms with Crippen LogP contribution in [0.3, 0.4) is 0 Å². The highest BCUT2D eigenvalue weighted by Gasteiger charge is 2.08. The van der Waals surface area contributed by atoms with E-state index in [-0.39, 0.29) is 5.12 Å². The summed E-state index contributed by atoms with van der Waals surface area (Å²) in [6, 6.07) is 13.5. The van der Waals surface area contributed by atoms with E-state index in [1.807, 2.05) is 42.6 Å². The number of benzene rings is 1. The van der Waals surface area contributed by atoms with Gasteiger partial charge in [0.25, 0.3) is 0 Å². The summed E-state index contributed by atoms with van der Waals surface area (Å²) >= 11 is 9.11. The normalized spacial score (nSPS) is 10.7. The van der Waals surface area contributed by atoms with Crippen molar-refractivity contribution in [3.8, 4) is 11.4 Å². The number of halogens is 1. The monoisotopic (exact) mass is 403 g/mol. The molecule has 134 valence electrons. The summed E-state index contributed by atoms with van der Waals surface area (Å²) in [5.74, 6) is 1.24. The third-order valence-electron chi connectivity index (χ3n) is 3.52. The first kappa shape index (κ1) is 18.9. The van der Waals surface area contributed by atoms with Crippen molar-refractivity contribution in [1.29, 1.82) is 0 Å². The minimum Gasteiger partial charge on any atom is -0.365 e. The van der Waals surface area contributed by atoms with E-state index >= 15 is 0 Å². The van der Waals surface area contributed by atoms with Crippen LogP contribution in [0.4, 0.5) is 5.82 Å². The summed E-state index contributed by atoms with van der Waals surface area (Å²) < 4.78 is 0. The zero-order valence-corrected chi connectivity index (χ0v) is 16.6. The first-order valence-corrected chi connectivity index (χ1v) is 10.3. The van der Waals surface area contributed by atoms with Gasteiger partial charge in [0.1, 0.15) is 11.0 Å². The first-order chi connectivity index (χ1) is 12.6. The number of hydrogen-bond donors (Lipinski definition) is 1. The molecule has 0 aliphatic rings. The molecule has 7 heteroatoms. The van der Waals surface area contributed by atoms with Gasteiger partial charge in [0.2, 0.25) is 0 Å². The number of hydrogen-bond acceptors (Lipinski definition) is 6. The predicted octanol–water partition coefficient (Wildman–Crippen LogP) is 5.89. The van der Waals surface area contributed by atoms with Crippen LogP contribution in [0, 0.1) is 0 Å². The largest absolute Gasteiger partial charge is 0.365 e. The summed E-state index contributed by atoms with van der Waals surface area (Å²) in [6.45, 7) is 2.70. The fourth-order valence-electron chi connectivity index (χ4n) is 2.29. The molecule has 0 atom stereocenters. The Morgan fingerprint density at radius 2 is 2.04 bits per heavy atom. The van der Waals surface area contributed by atoms with Gasteiger partial charge in [-0.15, -0.1) is 11.3 Å². The van der Waals surface area contributed by atoms with Gasteiger partial charge >= 0.3 is 0 Å². The molecular formula is C19H18ClN3OS2. The standard InChI is InChI=1S/C19H18ClN3OS2/c1-2-4-18(24)26-14-8-6-13(7-9-14)19-22-16(20)11-17(23-19)21-12-15-5-3-10-25-15/h3,5-11H,2,4,12H2,1H3,(H,21,22,23). The van der Waals surface area contributed by atoms with Crippen LogP contribution in [0.15, 0.2) is 52.7 Å². The van der Waals surface area contributed by atoms with Crippen LogP contribution in [0.5, 0.6) is 0 Å². The van der Waals surface area contributed by atoms with Gasteiger partial charge in [0.05, 0.1) is 6.54 Å². The lowest BCUT2D eigenvalue weighted by Gasteiger charge is -2.08. The molecular weight excluding hydrogens is 386 g/mol. The lowest BCUT2D eigenvalue weighted by molar-refractivity contribution is -0.111. The van der Waals surface area contributed by atoms with Crippen molar-refractivity contribution in [3.63, 3.8) is 0 Å². The highest BCUT2D eigenvalue weighted by atomic mass is 35.5. The van der Waals surface area contributed by atoms with Crippen LogP contribution in [-0.4, -0.2) is 15.1 Å². The smallest absolute Gasteiger partial charge is 0.193 e. The Hall–Kier alpha value is -1.89. The lowest BCUT2D eigenvalue weighted by atomic mass is 10.2. The molecule has 4 nitrogen and oxygen atoms in total. The molecule has 0 aliphatic heterocycles. The highest BCUT2D eigenvalue weighted by Crippen LogP contribution is 2.26. The maximum Gasteiger partial charge on any atom is 0.193 e. The van der Waals surface area contributed by atoms with Gasteiger partial charge in [0, 0.05) is 27.8 Å². The Bertz CT molecular complexity index is 867. The van der Waals surface area contributed by atoms with Crippen LogP contribution in [0.2, 0.25) is 5.15 Å². The van der Waals surface area contributed by atoms with Crippen molar-refractivity contribution in [3.05, 3.63) is 57.9 Å². The van der Waals surface area contributed by atoms with Crippen LogP contribution in [0.1, 0.15) is 24.6 Å². The van der Waals surface area contributed by atoms with Gasteiger partial charge in [-0.3, -0.25) is 4.79 Å². The second-order valence-electron chi connectivity index (χ2n) is 5.58. The zero-order chi connectivity index (χ0) is 18.4. The average Bonchev–Trinajstić information content (AvgIpc) is 3.14. The van der Waals surface area contributed by atoms with E-state index in [9.17, 15) is 4.79 Å². The summed E-state index contributed by atoms with van der Waals surface area (Å²) in [5.41, 5.74) is 0.860. The van der Waals surface area contributed by atoms with Crippen molar-refractivity contribution in [1.82, 2.24) is 9.97 Å². The molecule has 0 aliphatic carbocycles. The van der Waals surface area contributed by atoms with Crippen molar-refractivity contribution in [2.75, 3.05) is 5.32 Å². The van der Waals surface area contributed by atoms with Gasteiger partial charge in [0.15, 0.2) is 10.9 Å². The number of thioether (sulfide) groups is 1. The summed E-state index contributed by atoms with van der Waals surface area (Å²) in [4.78, 5) is 22.7. The average molecular weight is 404 g/mol. The van der Waals surface area contributed by atoms with E-state index in [1.165, 1.54) is 16.6 Å². The Balaban J connectivity index is 1.72. The van der Waals surface area contributed by atoms with Crippen molar-refractivity contribution in [2.45, 2.75) is 31.2 Å². The van der Waals surface area contributed by atoms with Gasteiger partial charge < -0.3 is 5.32 Å². The molecule has 0 saturated heterocycles. The minimum absolute atomic E-state index is 0.180. The van der Waals surface area contributed by atoms with Crippen LogP contribution < -0.4 is 5.32 Å². The maximum absolute atomic E-state index is 11.7.